The molecule has 2 aromatic carbocycles. The fourth-order valence-corrected chi connectivity index (χ4v) is 5.80. The monoisotopic (exact) mass is 670 g/mol. The molecule has 0 aliphatic carbocycles. The molecule has 254 valence electrons. The lowest BCUT2D eigenvalue weighted by Gasteiger charge is -2.37. The average Bonchev–Trinajstić information content (AvgIpc) is 3.09. The van der Waals surface area contributed by atoms with E-state index in [4.69, 9.17) is 28.8 Å². The minimum Gasteiger partial charge on any atom is -0.493 e. The SMILES string of the molecule is CC[C@H](C(=O)N1CCCC[C@H]1C(=O)OC(CCc1cccnc1)c1cccc(OCC(=O)O)c1)c1cc(OC)c(OC)c(OC)c1.Cl. The van der Waals surface area contributed by atoms with Crippen LogP contribution in [0.5, 0.6) is 23.0 Å². The Morgan fingerprint density at radius 3 is 2.34 bits per heavy atom. The number of benzene rings is 2. The predicted octanol–water partition coefficient (Wildman–Crippen LogP) is 5.78. The molecule has 1 N–H and O–H groups in total. The van der Waals surface area contributed by atoms with Crippen LogP contribution in [0.1, 0.15) is 67.7 Å². The van der Waals surface area contributed by atoms with Gasteiger partial charge in [0, 0.05) is 18.9 Å². The summed E-state index contributed by atoms with van der Waals surface area (Å²) >= 11 is 0. The maximum absolute atomic E-state index is 14.2. The normalized spacial score (nSPS) is 15.4. The largest absolute Gasteiger partial charge is 0.493 e. The zero-order valence-corrected chi connectivity index (χ0v) is 28.0. The van der Waals surface area contributed by atoms with Gasteiger partial charge < -0.3 is 33.7 Å². The van der Waals surface area contributed by atoms with Crippen LogP contribution >= 0.6 is 12.4 Å². The number of carbonyl (C=O) groups excluding carboxylic acids is 2. The van der Waals surface area contributed by atoms with Crippen molar-refractivity contribution in [3.8, 4) is 23.0 Å². The van der Waals surface area contributed by atoms with E-state index < -0.39 is 36.6 Å². The topological polar surface area (TPSA) is 134 Å². The van der Waals surface area contributed by atoms with Gasteiger partial charge in [-0.2, -0.15) is 0 Å². The number of rotatable bonds is 15. The van der Waals surface area contributed by atoms with Gasteiger partial charge in [0.1, 0.15) is 17.9 Å². The van der Waals surface area contributed by atoms with E-state index in [0.717, 1.165) is 18.4 Å². The van der Waals surface area contributed by atoms with Gasteiger partial charge in [-0.1, -0.05) is 25.1 Å². The summed E-state index contributed by atoms with van der Waals surface area (Å²) in [5.74, 6) is -0.615. The van der Waals surface area contributed by atoms with Gasteiger partial charge in [-0.05, 0) is 85.5 Å². The van der Waals surface area contributed by atoms with E-state index >= 15 is 0 Å². The molecule has 1 aromatic heterocycles. The van der Waals surface area contributed by atoms with E-state index in [0.29, 0.717) is 66.4 Å². The highest BCUT2D eigenvalue weighted by Crippen LogP contribution is 2.41. The molecule has 11 nitrogen and oxygen atoms in total. The van der Waals surface area contributed by atoms with Gasteiger partial charge in [-0.3, -0.25) is 9.78 Å². The quantitative estimate of drug-likeness (QED) is 0.198. The number of piperidine rings is 1. The van der Waals surface area contributed by atoms with Crippen molar-refractivity contribution >= 4 is 30.3 Å². The van der Waals surface area contributed by atoms with Gasteiger partial charge in [0.2, 0.25) is 11.7 Å². The summed E-state index contributed by atoms with van der Waals surface area (Å²) in [7, 11) is 4.58. The first-order chi connectivity index (χ1) is 22.3. The third-order valence-electron chi connectivity index (χ3n) is 8.12. The molecule has 3 atom stereocenters. The van der Waals surface area contributed by atoms with Gasteiger partial charge in [0.15, 0.2) is 18.1 Å². The van der Waals surface area contributed by atoms with Crippen molar-refractivity contribution in [2.45, 2.75) is 63.5 Å². The Hall–Kier alpha value is -4.51. The van der Waals surface area contributed by atoms with Crippen molar-refractivity contribution in [3.05, 3.63) is 77.6 Å². The molecule has 0 spiro atoms. The molecule has 1 aliphatic rings. The summed E-state index contributed by atoms with van der Waals surface area (Å²) in [4.78, 5) is 45.0. The van der Waals surface area contributed by atoms with Crippen LogP contribution < -0.4 is 18.9 Å². The number of nitrogens with zero attached hydrogens (tertiary/aromatic N) is 2. The number of hydrogen-bond acceptors (Lipinski definition) is 9. The predicted molar refractivity (Wildman–Crippen MR) is 177 cm³/mol. The number of pyridine rings is 1. The lowest BCUT2D eigenvalue weighted by atomic mass is 9.91. The number of likely N-dealkylation sites (tertiary alicyclic amines) is 1. The van der Waals surface area contributed by atoms with Crippen molar-refractivity contribution < 1.29 is 43.2 Å². The van der Waals surface area contributed by atoms with Crippen LogP contribution in [0.4, 0.5) is 0 Å². The Labute approximate surface area is 281 Å². The first-order valence-electron chi connectivity index (χ1n) is 15.4. The summed E-state index contributed by atoms with van der Waals surface area (Å²) < 4.78 is 28.1. The van der Waals surface area contributed by atoms with E-state index in [1.807, 2.05) is 25.1 Å². The minimum atomic E-state index is -1.09. The van der Waals surface area contributed by atoms with Crippen molar-refractivity contribution in [3.63, 3.8) is 0 Å². The van der Waals surface area contributed by atoms with Gasteiger partial charge >= 0.3 is 11.9 Å². The smallest absolute Gasteiger partial charge is 0.341 e. The molecule has 12 heteroatoms. The molecule has 1 aliphatic heterocycles. The van der Waals surface area contributed by atoms with E-state index in [1.165, 1.54) is 21.3 Å². The second-order valence-electron chi connectivity index (χ2n) is 11.0. The lowest BCUT2D eigenvalue weighted by Crippen LogP contribution is -2.50. The summed E-state index contributed by atoms with van der Waals surface area (Å²) in [6.07, 6.45) is 6.35. The summed E-state index contributed by atoms with van der Waals surface area (Å²) in [6.45, 7) is 1.86. The number of aryl methyl sites for hydroxylation is 1. The number of aromatic nitrogens is 1. The van der Waals surface area contributed by atoms with E-state index in [2.05, 4.69) is 4.98 Å². The Kier molecular flexibility index (Phi) is 14.1. The van der Waals surface area contributed by atoms with Crippen LogP contribution in [-0.2, 0) is 25.5 Å². The number of ether oxygens (including phenoxy) is 5. The molecule has 0 saturated carbocycles. The first-order valence-corrected chi connectivity index (χ1v) is 15.4. The highest BCUT2D eigenvalue weighted by molar-refractivity contribution is 5.89. The van der Waals surface area contributed by atoms with Crippen molar-refractivity contribution in [2.24, 2.45) is 0 Å². The molecule has 1 amide bonds. The number of aliphatic carboxylic acids is 1. The van der Waals surface area contributed by atoms with Gasteiger partial charge in [0.05, 0.1) is 27.2 Å². The molecule has 2 heterocycles. The average molecular weight is 671 g/mol. The maximum atomic E-state index is 14.2. The van der Waals surface area contributed by atoms with Crippen LogP contribution in [0, 0.1) is 0 Å². The van der Waals surface area contributed by atoms with Crippen LogP contribution in [0.15, 0.2) is 60.9 Å². The summed E-state index contributed by atoms with van der Waals surface area (Å²) in [6, 6.07) is 13.5. The van der Waals surface area contributed by atoms with Gasteiger partial charge in [-0.25, -0.2) is 9.59 Å². The molecule has 3 aromatic rings. The Morgan fingerprint density at radius 1 is 0.979 bits per heavy atom. The first kappa shape index (κ1) is 37.0. The Morgan fingerprint density at radius 2 is 1.72 bits per heavy atom. The molecule has 4 rings (SSSR count). The molecule has 0 bridgehead atoms. The fourth-order valence-electron chi connectivity index (χ4n) is 5.80. The van der Waals surface area contributed by atoms with Crippen LogP contribution in [0.3, 0.4) is 0 Å². The second-order valence-corrected chi connectivity index (χ2v) is 11.0. The third-order valence-corrected chi connectivity index (χ3v) is 8.12. The van der Waals surface area contributed by atoms with Crippen LogP contribution in [0.2, 0.25) is 0 Å². The number of methoxy groups -OCH3 is 3. The molecule has 47 heavy (non-hydrogen) atoms. The van der Waals surface area contributed by atoms with E-state index in [1.54, 1.807) is 47.6 Å². The van der Waals surface area contributed by atoms with Crippen LogP contribution in [-0.4, -0.2) is 73.4 Å². The molecule has 1 fully saturated rings. The molecule has 1 saturated heterocycles. The minimum absolute atomic E-state index is 0. The number of carboxylic acid groups (broad SMARTS) is 1. The lowest BCUT2D eigenvalue weighted by molar-refractivity contribution is -0.162. The van der Waals surface area contributed by atoms with Crippen molar-refractivity contribution in [1.82, 2.24) is 9.88 Å². The Bertz CT molecular complexity index is 1460. The highest BCUT2D eigenvalue weighted by Gasteiger charge is 2.38. The van der Waals surface area contributed by atoms with Crippen LogP contribution in [0.25, 0.3) is 0 Å². The highest BCUT2D eigenvalue weighted by atomic mass is 35.5. The number of carbonyl (C=O) groups is 3. The fraction of sp³-hybridized carbons (Fsp3) is 0.429. The third kappa shape index (κ3) is 9.51. The summed E-state index contributed by atoms with van der Waals surface area (Å²) in [5, 5.41) is 9.05. The van der Waals surface area contributed by atoms with Gasteiger partial charge in [0.25, 0.3) is 0 Å². The number of hydrogen-bond donors (Lipinski definition) is 1. The standard InChI is InChI=1S/C35H42N2O9.ClH/c1-5-27(25-19-30(42-2)33(44-4)31(20-25)43-3)34(40)37-17-7-6-13-28(37)35(41)46-29(15-14-23-10-9-16-36-21-23)24-11-8-12-26(18-24)45-22-32(38)39;/h8-12,16,18-21,27-29H,5-7,13-15,17,22H2,1-4H3,(H,38,39);1H/t27-,28-,29?;/m0./s1. The number of esters is 1. The zero-order chi connectivity index (χ0) is 33.1. The summed E-state index contributed by atoms with van der Waals surface area (Å²) in [5.41, 5.74) is 2.34. The second kappa shape index (κ2) is 18.0. The molecule has 0 radical (unpaired) electrons. The number of halogens is 1. The number of carboxylic acids is 1. The van der Waals surface area contributed by atoms with E-state index in [-0.39, 0.29) is 18.3 Å². The van der Waals surface area contributed by atoms with Crippen molar-refractivity contribution in [2.75, 3.05) is 34.5 Å². The molecular formula is C35H43ClN2O9. The Balaban J connectivity index is 0.00000600. The molecular weight excluding hydrogens is 628 g/mol. The van der Waals surface area contributed by atoms with Crippen molar-refractivity contribution in [1.29, 1.82) is 0 Å². The van der Waals surface area contributed by atoms with E-state index in [9.17, 15) is 14.4 Å². The zero-order valence-electron chi connectivity index (χ0n) is 27.2. The number of amides is 1. The maximum Gasteiger partial charge on any atom is 0.341 e. The molecule has 1 unspecified atom stereocenters. The van der Waals surface area contributed by atoms with Gasteiger partial charge in [-0.15, -0.1) is 12.4 Å².